The summed E-state index contributed by atoms with van der Waals surface area (Å²) in [7, 11) is 0. The zero-order valence-electron chi connectivity index (χ0n) is 10.5. The van der Waals surface area contributed by atoms with Gasteiger partial charge in [-0.05, 0) is 30.2 Å². The molecule has 0 aromatic carbocycles. The number of thiophene rings is 1. The number of amides is 1. The molecule has 19 heavy (non-hydrogen) atoms. The number of hydrogen-bond acceptors (Lipinski definition) is 4. The first-order valence-corrected chi connectivity index (χ1v) is 7.27. The number of hydrogen-bond donors (Lipinski definition) is 3. The molecule has 1 aliphatic carbocycles. The number of carboxylic acids is 1. The predicted octanol–water partition coefficient (Wildman–Crippen LogP) is 1.36. The Hall–Kier alpha value is -1.40. The van der Waals surface area contributed by atoms with E-state index in [0.29, 0.717) is 13.0 Å². The minimum absolute atomic E-state index is 0.0250. The van der Waals surface area contributed by atoms with Crippen molar-refractivity contribution in [3.63, 3.8) is 0 Å². The van der Waals surface area contributed by atoms with E-state index >= 15 is 0 Å². The Morgan fingerprint density at radius 1 is 1.53 bits per heavy atom. The van der Waals surface area contributed by atoms with Gasteiger partial charge in [-0.15, -0.1) is 11.3 Å². The van der Waals surface area contributed by atoms with Crippen LogP contribution in [-0.2, 0) is 9.59 Å². The molecule has 2 rings (SSSR count). The second-order valence-electron chi connectivity index (χ2n) is 4.87. The fraction of sp³-hybridized carbons (Fsp3) is 0.538. The van der Waals surface area contributed by atoms with Gasteiger partial charge < -0.3 is 16.2 Å². The zero-order chi connectivity index (χ0) is 13.8. The van der Waals surface area contributed by atoms with E-state index in [2.05, 4.69) is 5.32 Å². The summed E-state index contributed by atoms with van der Waals surface area (Å²) in [4.78, 5) is 23.8. The third-order valence-corrected chi connectivity index (χ3v) is 4.60. The number of carbonyl (C=O) groups is 2. The SMILES string of the molecule is NC(C(=O)NCC1CCCC1C(=O)O)c1cccs1. The van der Waals surface area contributed by atoms with E-state index in [1.54, 1.807) is 0 Å². The van der Waals surface area contributed by atoms with Crippen molar-refractivity contribution in [3.05, 3.63) is 22.4 Å². The molecule has 1 fully saturated rings. The molecule has 0 aliphatic heterocycles. The number of nitrogens with two attached hydrogens (primary N) is 1. The van der Waals surface area contributed by atoms with E-state index < -0.39 is 12.0 Å². The minimum atomic E-state index is -0.765. The fourth-order valence-electron chi connectivity index (χ4n) is 2.55. The molecule has 1 saturated carbocycles. The lowest BCUT2D eigenvalue weighted by Gasteiger charge is -2.18. The molecule has 104 valence electrons. The molecule has 0 bridgehead atoms. The van der Waals surface area contributed by atoms with Crippen LogP contribution in [0.4, 0.5) is 0 Å². The highest BCUT2D eigenvalue weighted by atomic mass is 32.1. The Bertz CT molecular complexity index is 447. The van der Waals surface area contributed by atoms with Crippen molar-refractivity contribution in [2.24, 2.45) is 17.6 Å². The summed E-state index contributed by atoms with van der Waals surface area (Å²) >= 11 is 1.44. The summed E-state index contributed by atoms with van der Waals surface area (Å²) in [6.07, 6.45) is 2.47. The van der Waals surface area contributed by atoms with E-state index in [9.17, 15) is 9.59 Å². The number of aliphatic carboxylic acids is 1. The van der Waals surface area contributed by atoms with Crippen LogP contribution in [0.3, 0.4) is 0 Å². The lowest BCUT2D eigenvalue weighted by Crippen LogP contribution is -2.38. The van der Waals surface area contributed by atoms with Gasteiger partial charge in [0, 0.05) is 11.4 Å². The van der Waals surface area contributed by atoms with Gasteiger partial charge in [0.2, 0.25) is 5.91 Å². The molecule has 0 spiro atoms. The standard InChI is InChI=1S/C13H18N2O3S/c14-11(10-5-2-6-19-10)12(16)15-7-8-3-1-4-9(8)13(17)18/h2,5-6,8-9,11H,1,3-4,7,14H2,(H,15,16)(H,17,18). The maximum atomic E-state index is 11.9. The monoisotopic (exact) mass is 282 g/mol. The third kappa shape index (κ3) is 3.33. The first-order chi connectivity index (χ1) is 9.09. The molecule has 3 unspecified atom stereocenters. The van der Waals surface area contributed by atoms with Crippen molar-refractivity contribution in [1.29, 1.82) is 0 Å². The maximum Gasteiger partial charge on any atom is 0.306 e. The van der Waals surface area contributed by atoms with Gasteiger partial charge in [0.15, 0.2) is 0 Å². The lowest BCUT2D eigenvalue weighted by molar-refractivity contribution is -0.143. The molecule has 0 radical (unpaired) electrons. The Morgan fingerprint density at radius 2 is 2.32 bits per heavy atom. The first-order valence-electron chi connectivity index (χ1n) is 6.39. The highest BCUT2D eigenvalue weighted by molar-refractivity contribution is 7.10. The van der Waals surface area contributed by atoms with Crippen molar-refractivity contribution >= 4 is 23.2 Å². The van der Waals surface area contributed by atoms with Crippen LogP contribution in [0, 0.1) is 11.8 Å². The van der Waals surface area contributed by atoms with E-state index in [4.69, 9.17) is 10.8 Å². The van der Waals surface area contributed by atoms with Gasteiger partial charge in [-0.25, -0.2) is 0 Å². The molecule has 3 atom stereocenters. The Morgan fingerprint density at radius 3 is 2.95 bits per heavy atom. The van der Waals surface area contributed by atoms with Crippen molar-refractivity contribution in [2.75, 3.05) is 6.54 Å². The van der Waals surface area contributed by atoms with Gasteiger partial charge in [0.25, 0.3) is 0 Å². The quantitative estimate of drug-likeness (QED) is 0.760. The highest BCUT2D eigenvalue weighted by Gasteiger charge is 2.33. The van der Waals surface area contributed by atoms with Gasteiger partial charge in [-0.2, -0.15) is 0 Å². The van der Waals surface area contributed by atoms with Crippen molar-refractivity contribution in [2.45, 2.75) is 25.3 Å². The summed E-state index contributed by atoms with van der Waals surface area (Å²) in [5.74, 6) is -1.31. The van der Waals surface area contributed by atoms with Crippen molar-refractivity contribution in [3.8, 4) is 0 Å². The first kappa shape index (κ1) is 14.0. The Labute approximate surface area is 115 Å². The van der Waals surface area contributed by atoms with Crippen LogP contribution in [0.25, 0.3) is 0 Å². The van der Waals surface area contributed by atoms with Crippen LogP contribution in [-0.4, -0.2) is 23.5 Å². The smallest absolute Gasteiger partial charge is 0.306 e. The molecule has 1 amide bonds. The van der Waals surface area contributed by atoms with Gasteiger partial charge >= 0.3 is 5.97 Å². The largest absolute Gasteiger partial charge is 0.481 e. The fourth-order valence-corrected chi connectivity index (χ4v) is 3.27. The summed E-state index contributed by atoms with van der Waals surface area (Å²) in [6.45, 7) is 0.398. The zero-order valence-corrected chi connectivity index (χ0v) is 11.4. The lowest BCUT2D eigenvalue weighted by atomic mass is 9.96. The van der Waals surface area contributed by atoms with E-state index in [1.165, 1.54) is 11.3 Å². The van der Waals surface area contributed by atoms with Gasteiger partial charge in [0.05, 0.1) is 5.92 Å². The Kier molecular flexibility index (Phi) is 4.55. The van der Waals surface area contributed by atoms with Crippen LogP contribution in [0.2, 0.25) is 0 Å². The molecule has 1 aromatic rings. The Balaban J connectivity index is 1.85. The maximum absolute atomic E-state index is 11.9. The molecule has 1 heterocycles. The predicted molar refractivity (Wildman–Crippen MR) is 72.7 cm³/mol. The third-order valence-electron chi connectivity index (χ3n) is 3.65. The van der Waals surface area contributed by atoms with Crippen LogP contribution in [0.5, 0.6) is 0 Å². The summed E-state index contributed by atoms with van der Waals surface area (Å²) in [5.41, 5.74) is 5.84. The number of carboxylic acid groups (broad SMARTS) is 1. The van der Waals surface area contributed by atoms with Crippen LogP contribution in [0.1, 0.15) is 30.2 Å². The minimum Gasteiger partial charge on any atom is -0.481 e. The molecule has 0 saturated heterocycles. The van der Waals surface area contributed by atoms with Crippen molar-refractivity contribution < 1.29 is 14.7 Å². The molecular formula is C13H18N2O3S. The average Bonchev–Trinajstić information content (AvgIpc) is 3.05. The molecule has 6 heteroatoms. The molecule has 1 aromatic heterocycles. The van der Waals surface area contributed by atoms with Gasteiger partial charge in [-0.3, -0.25) is 9.59 Å². The van der Waals surface area contributed by atoms with E-state index in [-0.39, 0.29) is 17.7 Å². The number of rotatable bonds is 5. The summed E-state index contributed by atoms with van der Waals surface area (Å²) < 4.78 is 0. The second kappa shape index (κ2) is 6.16. The van der Waals surface area contributed by atoms with E-state index in [0.717, 1.165) is 17.7 Å². The average molecular weight is 282 g/mol. The second-order valence-corrected chi connectivity index (χ2v) is 5.85. The van der Waals surface area contributed by atoms with Crippen LogP contribution < -0.4 is 11.1 Å². The van der Waals surface area contributed by atoms with Crippen LogP contribution in [0.15, 0.2) is 17.5 Å². The molecule has 1 aliphatic rings. The topological polar surface area (TPSA) is 92.4 Å². The molecular weight excluding hydrogens is 264 g/mol. The number of nitrogens with one attached hydrogen (secondary N) is 1. The number of carbonyl (C=O) groups excluding carboxylic acids is 1. The van der Waals surface area contributed by atoms with Crippen molar-refractivity contribution in [1.82, 2.24) is 5.32 Å². The summed E-state index contributed by atoms with van der Waals surface area (Å²) in [6, 6.07) is 3.01. The molecule has 4 N–H and O–H groups in total. The highest BCUT2D eigenvalue weighted by Crippen LogP contribution is 2.31. The van der Waals surface area contributed by atoms with E-state index in [1.807, 2.05) is 17.5 Å². The van der Waals surface area contributed by atoms with Gasteiger partial charge in [0.1, 0.15) is 6.04 Å². The summed E-state index contributed by atoms with van der Waals surface area (Å²) in [5, 5.41) is 13.7. The normalized spacial score (nSPS) is 24.1. The van der Waals surface area contributed by atoms with Gasteiger partial charge in [-0.1, -0.05) is 12.5 Å². The van der Waals surface area contributed by atoms with Crippen LogP contribution >= 0.6 is 11.3 Å². The molecule has 5 nitrogen and oxygen atoms in total.